The average molecular weight is 284 g/mol. The first kappa shape index (κ1) is 17.9. The normalized spacial score (nSPS) is 19.9. The van der Waals surface area contributed by atoms with Crippen LogP contribution in [0.25, 0.3) is 0 Å². The predicted octanol–water partition coefficient (Wildman–Crippen LogP) is 3.47. The smallest absolute Gasteiger partial charge is 0.0571 e. The van der Waals surface area contributed by atoms with Crippen molar-refractivity contribution >= 4 is 0 Å². The molecule has 0 spiro atoms. The van der Waals surface area contributed by atoms with E-state index in [1.165, 1.54) is 83.7 Å². The molecule has 1 heterocycles. The van der Waals surface area contributed by atoms with Gasteiger partial charge in [-0.1, -0.05) is 51.9 Å². The van der Waals surface area contributed by atoms with Crippen LogP contribution in [0.5, 0.6) is 0 Å². The Bertz CT molecular complexity index is 214. The Labute approximate surface area is 126 Å². The van der Waals surface area contributed by atoms with Crippen LogP contribution >= 0.6 is 0 Å². The van der Waals surface area contributed by atoms with Crippen molar-refractivity contribution in [3.05, 3.63) is 0 Å². The van der Waals surface area contributed by atoms with E-state index < -0.39 is 0 Å². The lowest BCUT2D eigenvalue weighted by Crippen LogP contribution is -2.44. The summed E-state index contributed by atoms with van der Waals surface area (Å²) in [4.78, 5) is 2.48. The molecule has 0 amide bonds. The maximum absolute atomic E-state index is 6.27. The Morgan fingerprint density at radius 2 is 1.40 bits per heavy atom. The number of piperidine rings is 1. The summed E-state index contributed by atoms with van der Waals surface area (Å²) in [6.45, 7) is 5.54. The molecular formula is C17H37N3. The fourth-order valence-corrected chi connectivity index (χ4v) is 3.10. The highest BCUT2D eigenvalue weighted by molar-refractivity contribution is 4.70. The van der Waals surface area contributed by atoms with Crippen LogP contribution in [0.4, 0.5) is 0 Å². The van der Waals surface area contributed by atoms with Gasteiger partial charge in [-0.15, -0.1) is 0 Å². The van der Waals surface area contributed by atoms with E-state index in [1.807, 2.05) is 0 Å². The summed E-state index contributed by atoms with van der Waals surface area (Å²) in [6.07, 6.45) is 15.0. The zero-order valence-corrected chi connectivity index (χ0v) is 13.7. The van der Waals surface area contributed by atoms with Crippen LogP contribution in [-0.2, 0) is 0 Å². The van der Waals surface area contributed by atoms with E-state index in [1.54, 1.807) is 0 Å². The maximum Gasteiger partial charge on any atom is 0.0571 e. The van der Waals surface area contributed by atoms with Crippen LogP contribution in [0.1, 0.15) is 77.6 Å². The van der Waals surface area contributed by atoms with E-state index >= 15 is 0 Å². The Balaban J connectivity index is 1.86. The first-order chi connectivity index (χ1) is 9.74. The number of likely N-dealkylation sites (tertiary alicyclic amines) is 1. The third-order valence-electron chi connectivity index (χ3n) is 4.71. The van der Waals surface area contributed by atoms with Crippen LogP contribution in [0.2, 0.25) is 0 Å². The Morgan fingerprint density at radius 3 is 2.00 bits per heavy atom. The van der Waals surface area contributed by atoms with Crippen molar-refractivity contribution in [2.45, 2.75) is 83.7 Å². The topological polar surface area (TPSA) is 55.3 Å². The molecule has 0 aromatic rings. The van der Waals surface area contributed by atoms with Gasteiger partial charge in [-0.3, -0.25) is 4.90 Å². The number of nitrogens with zero attached hydrogens (tertiary/aromatic N) is 1. The summed E-state index contributed by atoms with van der Waals surface area (Å²) in [6, 6.07) is 0. The van der Waals surface area contributed by atoms with Gasteiger partial charge in [0.2, 0.25) is 0 Å². The first-order valence-electron chi connectivity index (χ1n) is 8.93. The van der Waals surface area contributed by atoms with E-state index in [2.05, 4.69) is 11.8 Å². The molecule has 2 unspecified atom stereocenters. The Morgan fingerprint density at radius 1 is 0.850 bits per heavy atom. The predicted molar refractivity (Wildman–Crippen MR) is 88.6 cm³/mol. The molecule has 0 bridgehead atoms. The summed E-state index contributed by atoms with van der Waals surface area (Å²) >= 11 is 0. The quantitative estimate of drug-likeness (QED) is 0.571. The summed E-state index contributed by atoms with van der Waals surface area (Å²) in [5.41, 5.74) is 11.9. The lowest BCUT2D eigenvalue weighted by molar-refractivity contribution is 0.156. The Kier molecular flexibility index (Phi) is 10.3. The van der Waals surface area contributed by atoms with Crippen LogP contribution in [-0.4, -0.2) is 30.7 Å². The molecule has 1 aliphatic rings. The van der Waals surface area contributed by atoms with Gasteiger partial charge >= 0.3 is 0 Å². The molecule has 1 fully saturated rings. The molecule has 0 aromatic heterocycles. The van der Waals surface area contributed by atoms with Crippen molar-refractivity contribution in [2.75, 3.05) is 19.6 Å². The maximum atomic E-state index is 6.27. The molecule has 1 rings (SSSR count). The van der Waals surface area contributed by atoms with Gasteiger partial charge in [0.25, 0.3) is 0 Å². The summed E-state index contributed by atoms with van der Waals surface area (Å²) in [5, 5.41) is 0. The van der Waals surface area contributed by atoms with Gasteiger partial charge in [0.05, 0.1) is 6.17 Å². The van der Waals surface area contributed by atoms with Crippen molar-refractivity contribution in [1.82, 2.24) is 4.90 Å². The van der Waals surface area contributed by atoms with E-state index in [0.29, 0.717) is 12.1 Å². The highest BCUT2D eigenvalue weighted by Crippen LogP contribution is 2.15. The lowest BCUT2D eigenvalue weighted by Gasteiger charge is -2.32. The number of unbranched alkanes of at least 4 members (excludes halogenated alkanes) is 5. The fourth-order valence-electron chi connectivity index (χ4n) is 3.10. The van der Waals surface area contributed by atoms with Gasteiger partial charge in [-0.2, -0.15) is 0 Å². The minimum atomic E-state index is 0.320. The molecule has 0 radical (unpaired) electrons. The zero-order chi connectivity index (χ0) is 14.6. The molecule has 1 aliphatic heterocycles. The van der Waals surface area contributed by atoms with Crippen molar-refractivity contribution in [3.63, 3.8) is 0 Å². The summed E-state index contributed by atoms with van der Waals surface area (Å²) in [5.74, 6) is 0.706. The van der Waals surface area contributed by atoms with Crippen molar-refractivity contribution in [3.8, 4) is 0 Å². The molecule has 2 atom stereocenters. The van der Waals surface area contributed by atoms with Gasteiger partial charge in [-0.25, -0.2) is 0 Å². The molecule has 0 aliphatic carbocycles. The first-order valence-corrected chi connectivity index (χ1v) is 8.93. The molecule has 0 aromatic carbocycles. The Hall–Kier alpha value is -0.120. The molecule has 20 heavy (non-hydrogen) atoms. The SMILES string of the molecule is CC(CN)CCCCCCCCC(N)N1CCCCC1. The molecule has 3 heteroatoms. The van der Waals surface area contributed by atoms with Crippen LogP contribution in [0.3, 0.4) is 0 Å². The standard InChI is InChI=1S/C17H37N3/c1-16(15-18)11-7-4-2-3-5-8-12-17(19)20-13-9-6-10-14-20/h16-17H,2-15,18-19H2,1H3. The van der Waals surface area contributed by atoms with Crippen LogP contribution < -0.4 is 11.5 Å². The number of rotatable bonds is 11. The highest BCUT2D eigenvalue weighted by atomic mass is 15.2. The molecule has 3 nitrogen and oxygen atoms in total. The number of hydrogen-bond acceptors (Lipinski definition) is 3. The van der Waals surface area contributed by atoms with Gasteiger partial charge in [0.1, 0.15) is 0 Å². The van der Waals surface area contributed by atoms with Gasteiger partial charge < -0.3 is 11.5 Å². The van der Waals surface area contributed by atoms with Gasteiger partial charge in [0, 0.05) is 0 Å². The minimum absolute atomic E-state index is 0.320. The third-order valence-corrected chi connectivity index (χ3v) is 4.71. The largest absolute Gasteiger partial charge is 0.330 e. The van der Waals surface area contributed by atoms with Gasteiger partial charge in [0.15, 0.2) is 0 Å². The number of nitrogens with two attached hydrogens (primary N) is 2. The van der Waals surface area contributed by atoms with Crippen LogP contribution in [0, 0.1) is 5.92 Å². The monoisotopic (exact) mass is 283 g/mol. The van der Waals surface area contributed by atoms with Crippen molar-refractivity contribution in [2.24, 2.45) is 17.4 Å². The third kappa shape index (κ3) is 8.23. The van der Waals surface area contributed by atoms with Crippen molar-refractivity contribution < 1.29 is 0 Å². The summed E-state index contributed by atoms with van der Waals surface area (Å²) < 4.78 is 0. The number of hydrogen-bond donors (Lipinski definition) is 2. The van der Waals surface area contributed by atoms with Crippen molar-refractivity contribution in [1.29, 1.82) is 0 Å². The molecular weight excluding hydrogens is 246 g/mol. The molecule has 1 saturated heterocycles. The lowest BCUT2D eigenvalue weighted by atomic mass is 10.0. The van der Waals surface area contributed by atoms with E-state index in [0.717, 1.165) is 6.54 Å². The van der Waals surface area contributed by atoms with E-state index in [4.69, 9.17) is 11.5 Å². The van der Waals surface area contributed by atoms with Crippen LogP contribution in [0.15, 0.2) is 0 Å². The van der Waals surface area contributed by atoms with E-state index in [-0.39, 0.29) is 0 Å². The molecule has 0 saturated carbocycles. The second kappa shape index (κ2) is 11.5. The minimum Gasteiger partial charge on any atom is -0.330 e. The highest BCUT2D eigenvalue weighted by Gasteiger charge is 2.16. The molecule has 4 N–H and O–H groups in total. The second-order valence-corrected chi connectivity index (χ2v) is 6.70. The zero-order valence-electron chi connectivity index (χ0n) is 13.7. The second-order valence-electron chi connectivity index (χ2n) is 6.70. The fraction of sp³-hybridized carbons (Fsp3) is 1.00. The van der Waals surface area contributed by atoms with Gasteiger partial charge in [-0.05, 0) is 51.2 Å². The summed E-state index contributed by atoms with van der Waals surface area (Å²) in [7, 11) is 0. The average Bonchev–Trinajstić information content (AvgIpc) is 2.50. The molecule has 120 valence electrons. The van der Waals surface area contributed by atoms with E-state index in [9.17, 15) is 0 Å².